The van der Waals surface area contributed by atoms with Crippen LogP contribution in [0.5, 0.6) is 5.75 Å². The van der Waals surface area contributed by atoms with Crippen molar-refractivity contribution in [3.8, 4) is 5.75 Å². The molecule has 1 aliphatic heterocycles. The van der Waals surface area contributed by atoms with E-state index in [0.29, 0.717) is 5.96 Å². The van der Waals surface area contributed by atoms with Gasteiger partial charge < -0.3 is 25.2 Å². The highest BCUT2D eigenvalue weighted by atomic mass is 16.5. The van der Waals surface area contributed by atoms with Crippen molar-refractivity contribution in [1.29, 1.82) is 0 Å². The lowest BCUT2D eigenvalue weighted by Crippen LogP contribution is -2.47. The Bertz CT molecular complexity index is 588. The van der Waals surface area contributed by atoms with Gasteiger partial charge in [-0.25, -0.2) is 0 Å². The second kappa shape index (κ2) is 8.42. The first kappa shape index (κ1) is 17.9. The van der Waals surface area contributed by atoms with Gasteiger partial charge in [0, 0.05) is 40.3 Å². The van der Waals surface area contributed by atoms with Gasteiger partial charge in [0.1, 0.15) is 5.75 Å². The Morgan fingerprint density at radius 1 is 1.42 bits per heavy atom. The molecule has 2 rings (SSSR count). The van der Waals surface area contributed by atoms with Crippen molar-refractivity contribution in [2.24, 2.45) is 4.99 Å². The van der Waals surface area contributed by atoms with E-state index in [1.165, 1.54) is 0 Å². The van der Waals surface area contributed by atoms with E-state index < -0.39 is 0 Å². The summed E-state index contributed by atoms with van der Waals surface area (Å²) in [7, 11) is 6.88. The van der Waals surface area contributed by atoms with Crippen LogP contribution in [0.3, 0.4) is 0 Å². The smallest absolute Gasteiger partial charge is 0.241 e. The molecule has 0 aliphatic carbocycles. The Kier molecular flexibility index (Phi) is 6.28. The predicted octanol–water partition coefficient (Wildman–Crippen LogP) is 0.527. The predicted molar refractivity (Wildman–Crippen MR) is 96.8 cm³/mol. The van der Waals surface area contributed by atoms with Gasteiger partial charge in [0.05, 0.1) is 19.3 Å². The largest absolute Gasteiger partial charge is 0.495 e. The molecule has 1 saturated heterocycles. The molecule has 0 saturated carbocycles. The zero-order valence-corrected chi connectivity index (χ0v) is 14.9. The Morgan fingerprint density at radius 2 is 2.17 bits per heavy atom. The standard InChI is InChI=1S/C17H27N5O2/c1-18-17(19-11-16(23)21(2)3)20-13-9-10-22(12-13)14-7-5-6-8-15(14)24-4/h5-8,13H,9-12H2,1-4H3,(H2,18,19,20). The molecule has 7 nitrogen and oxygen atoms in total. The van der Waals surface area contributed by atoms with Gasteiger partial charge in [-0.15, -0.1) is 0 Å². The highest BCUT2D eigenvalue weighted by Crippen LogP contribution is 2.30. The summed E-state index contributed by atoms with van der Waals surface area (Å²) in [5.74, 6) is 1.55. The average Bonchev–Trinajstić information content (AvgIpc) is 3.06. The van der Waals surface area contributed by atoms with E-state index in [9.17, 15) is 4.79 Å². The van der Waals surface area contributed by atoms with Gasteiger partial charge >= 0.3 is 0 Å². The molecule has 0 spiro atoms. The molecule has 0 aromatic heterocycles. The van der Waals surface area contributed by atoms with E-state index in [0.717, 1.165) is 30.9 Å². The Balaban J connectivity index is 1.89. The molecule has 1 aliphatic rings. The molecule has 1 fully saturated rings. The van der Waals surface area contributed by atoms with Gasteiger partial charge in [0.25, 0.3) is 0 Å². The lowest BCUT2D eigenvalue weighted by molar-refractivity contribution is -0.127. The number of carbonyl (C=O) groups excluding carboxylic acids is 1. The molecule has 1 aromatic carbocycles. The number of hydrogen-bond donors (Lipinski definition) is 2. The maximum atomic E-state index is 11.7. The van der Waals surface area contributed by atoms with Crippen molar-refractivity contribution in [3.63, 3.8) is 0 Å². The van der Waals surface area contributed by atoms with Crippen LogP contribution < -0.4 is 20.3 Å². The number of ether oxygens (including phenoxy) is 1. The first-order chi connectivity index (χ1) is 11.5. The molecule has 1 unspecified atom stereocenters. The fourth-order valence-corrected chi connectivity index (χ4v) is 2.69. The first-order valence-electron chi connectivity index (χ1n) is 8.10. The van der Waals surface area contributed by atoms with Gasteiger partial charge in [-0.1, -0.05) is 12.1 Å². The van der Waals surface area contributed by atoms with Crippen molar-refractivity contribution in [2.75, 3.05) is 52.8 Å². The molecule has 0 radical (unpaired) electrons. The van der Waals surface area contributed by atoms with E-state index in [2.05, 4.69) is 26.6 Å². The van der Waals surface area contributed by atoms with Crippen LogP contribution in [0.4, 0.5) is 5.69 Å². The van der Waals surface area contributed by atoms with E-state index >= 15 is 0 Å². The van der Waals surface area contributed by atoms with Crippen LogP contribution in [-0.2, 0) is 4.79 Å². The van der Waals surface area contributed by atoms with Crippen LogP contribution in [0.15, 0.2) is 29.3 Å². The van der Waals surface area contributed by atoms with Crippen LogP contribution >= 0.6 is 0 Å². The summed E-state index contributed by atoms with van der Waals surface area (Å²) in [6.07, 6.45) is 1.00. The lowest BCUT2D eigenvalue weighted by Gasteiger charge is -2.22. The van der Waals surface area contributed by atoms with Crippen LogP contribution in [0.25, 0.3) is 0 Å². The number of benzene rings is 1. The summed E-state index contributed by atoms with van der Waals surface area (Å²) in [6, 6.07) is 8.32. The third-order valence-corrected chi connectivity index (χ3v) is 4.08. The molecule has 1 atom stereocenters. The minimum Gasteiger partial charge on any atom is -0.495 e. The number of guanidine groups is 1. The normalized spacial score (nSPS) is 17.6. The molecule has 1 aromatic rings. The quantitative estimate of drug-likeness (QED) is 0.608. The number of anilines is 1. The van der Waals surface area contributed by atoms with Crippen LogP contribution in [0, 0.1) is 0 Å². The van der Waals surface area contributed by atoms with E-state index in [1.54, 1.807) is 33.2 Å². The third kappa shape index (κ3) is 4.53. The Hall–Kier alpha value is -2.44. The summed E-state index contributed by atoms with van der Waals surface area (Å²) in [5, 5.41) is 6.44. The molecule has 0 bridgehead atoms. The zero-order chi connectivity index (χ0) is 17.5. The zero-order valence-electron chi connectivity index (χ0n) is 14.9. The topological polar surface area (TPSA) is 69.2 Å². The van der Waals surface area contributed by atoms with Crippen LogP contribution in [0.1, 0.15) is 6.42 Å². The number of nitrogens with one attached hydrogen (secondary N) is 2. The molecule has 1 amide bonds. The van der Waals surface area contributed by atoms with Gasteiger partial charge in [-0.05, 0) is 18.6 Å². The molecule has 132 valence electrons. The summed E-state index contributed by atoms with van der Waals surface area (Å²) in [4.78, 5) is 19.7. The van der Waals surface area contributed by atoms with E-state index in [-0.39, 0.29) is 18.5 Å². The highest BCUT2D eigenvalue weighted by molar-refractivity contribution is 5.86. The number of carbonyl (C=O) groups is 1. The second-order valence-electron chi connectivity index (χ2n) is 5.96. The van der Waals surface area contributed by atoms with Crippen molar-refractivity contribution in [3.05, 3.63) is 24.3 Å². The third-order valence-electron chi connectivity index (χ3n) is 4.08. The van der Waals surface area contributed by atoms with Gasteiger partial charge in [0.15, 0.2) is 5.96 Å². The summed E-state index contributed by atoms with van der Waals surface area (Å²) < 4.78 is 5.44. The Morgan fingerprint density at radius 3 is 2.83 bits per heavy atom. The molecular formula is C17H27N5O2. The minimum atomic E-state index is 0.0139. The summed E-state index contributed by atoms with van der Waals surface area (Å²) >= 11 is 0. The van der Waals surface area contributed by atoms with Crippen molar-refractivity contribution in [1.82, 2.24) is 15.5 Å². The van der Waals surface area contributed by atoms with Gasteiger partial charge in [-0.2, -0.15) is 0 Å². The number of likely N-dealkylation sites (N-methyl/N-ethyl adjacent to an activating group) is 1. The summed E-state index contributed by atoms with van der Waals surface area (Å²) in [5.41, 5.74) is 1.11. The number of amides is 1. The van der Waals surface area contributed by atoms with Crippen molar-refractivity contribution < 1.29 is 9.53 Å². The SMILES string of the molecule is CN=C(NCC(=O)N(C)C)NC1CCN(c2ccccc2OC)C1. The molecular weight excluding hydrogens is 306 g/mol. The Labute approximate surface area is 143 Å². The minimum absolute atomic E-state index is 0.0139. The molecule has 7 heteroatoms. The number of nitrogens with zero attached hydrogens (tertiary/aromatic N) is 3. The first-order valence-corrected chi connectivity index (χ1v) is 8.10. The lowest BCUT2D eigenvalue weighted by atomic mass is 10.2. The number of para-hydroxylation sites is 2. The molecule has 24 heavy (non-hydrogen) atoms. The average molecular weight is 333 g/mol. The fraction of sp³-hybridized carbons (Fsp3) is 0.529. The van der Waals surface area contributed by atoms with Crippen LogP contribution in [-0.4, -0.2) is 70.7 Å². The number of aliphatic imine (C=N–C) groups is 1. The number of hydrogen-bond acceptors (Lipinski definition) is 4. The fourth-order valence-electron chi connectivity index (χ4n) is 2.69. The van der Waals surface area contributed by atoms with Gasteiger partial charge in [-0.3, -0.25) is 9.79 Å². The molecule has 2 N–H and O–H groups in total. The second-order valence-corrected chi connectivity index (χ2v) is 5.96. The maximum absolute atomic E-state index is 11.7. The molecule has 1 heterocycles. The summed E-state index contributed by atoms with van der Waals surface area (Å²) in [6.45, 7) is 2.05. The van der Waals surface area contributed by atoms with E-state index in [4.69, 9.17) is 4.74 Å². The number of methoxy groups -OCH3 is 1. The van der Waals surface area contributed by atoms with Crippen LogP contribution in [0.2, 0.25) is 0 Å². The van der Waals surface area contributed by atoms with Crippen molar-refractivity contribution >= 4 is 17.6 Å². The van der Waals surface area contributed by atoms with Crippen molar-refractivity contribution in [2.45, 2.75) is 12.5 Å². The van der Waals surface area contributed by atoms with Gasteiger partial charge in [0.2, 0.25) is 5.91 Å². The maximum Gasteiger partial charge on any atom is 0.241 e. The highest BCUT2D eigenvalue weighted by Gasteiger charge is 2.25. The van der Waals surface area contributed by atoms with E-state index in [1.807, 2.05) is 18.2 Å². The number of rotatable bonds is 5. The monoisotopic (exact) mass is 333 g/mol.